The zero-order chi connectivity index (χ0) is 22.5. The Morgan fingerprint density at radius 3 is 2.62 bits per heavy atom. The summed E-state index contributed by atoms with van der Waals surface area (Å²) in [6.45, 7) is 1.66. The third-order valence-electron chi connectivity index (χ3n) is 5.98. The molecule has 3 aromatic carbocycles. The van der Waals surface area contributed by atoms with Crippen molar-refractivity contribution < 1.29 is 19.2 Å². The Balaban J connectivity index is 1.34. The molecule has 0 aromatic heterocycles. The summed E-state index contributed by atoms with van der Waals surface area (Å²) in [5, 5.41) is 10.1. The number of nitrogens with one attached hydrogen (secondary N) is 3. The van der Waals surface area contributed by atoms with E-state index in [9.17, 15) is 19.2 Å². The van der Waals surface area contributed by atoms with E-state index in [0.29, 0.717) is 23.4 Å². The Morgan fingerprint density at radius 2 is 1.81 bits per heavy atom. The second-order valence-electron chi connectivity index (χ2n) is 8.11. The summed E-state index contributed by atoms with van der Waals surface area (Å²) < 4.78 is 0. The van der Waals surface area contributed by atoms with Crippen LogP contribution in [0.3, 0.4) is 0 Å². The van der Waals surface area contributed by atoms with Gasteiger partial charge < -0.3 is 16.0 Å². The molecule has 1 fully saturated rings. The van der Waals surface area contributed by atoms with Gasteiger partial charge in [-0.2, -0.15) is 0 Å². The molecule has 8 nitrogen and oxygen atoms in total. The molecule has 0 aliphatic carbocycles. The molecule has 1 atom stereocenters. The summed E-state index contributed by atoms with van der Waals surface area (Å²) in [5.41, 5.74) is 1.15. The molecule has 0 saturated carbocycles. The van der Waals surface area contributed by atoms with Gasteiger partial charge in [-0.3, -0.25) is 19.3 Å². The minimum atomic E-state index is -1.27. The third-order valence-corrected chi connectivity index (χ3v) is 5.98. The molecule has 2 aliphatic rings. The highest BCUT2D eigenvalue weighted by molar-refractivity contribution is 6.10. The molecule has 2 aliphatic heterocycles. The van der Waals surface area contributed by atoms with E-state index in [1.54, 1.807) is 31.2 Å². The van der Waals surface area contributed by atoms with Gasteiger partial charge in [-0.25, -0.2) is 4.79 Å². The van der Waals surface area contributed by atoms with Crippen molar-refractivity contribution in [2.75, 3.05) is 11.9 Å². The van der Waals surface area contributed by atoms with Gasteiger partial charge in [0.25, 0.3) is 11.8 Å². The number of hydrogen-bond acceptors (Lipinski definition) is 4. The zero-order valence-electron chi connectivity index (χ0n) is 17.3. The number of nitrogens with zero attached hydrogens (tertiary/aromatic N) is 1. The molecular formula is C24H20N4O4. The van der Waals surface area contributed by atoms with Crippen molar-refractivity contribution in [3.63, 3.8) is 0 Å². The molecular weight excluding hydrogens is 408 g/mol. The van der Waals surface area contributed by atoms with E-state index in [0.717, 1.165) is 21.2 Å². The second-order valence-corrected chi connectivity index (χ2v) is 8.11. The van der Waals surface area contributed by atoms with Crippen LogP contribution in [0.4, 0.5) is 10.5 Å². The number of fused-ring (bicyclic) bond motifs is 2. The predicted molar refractivity (Wildman–Crippen MR) is 118 cm³/mol. The van der Waals surface area contributed by atoms with Gasteiger partial charge in [0.1, 0.15) is 12.1 Å². The topological polar surface area (TPSA) is 108 Å². The number of carbonyl (C=O) groups excluding carboxylic acids is 4. The SMILES string of the molecule is C[C@@]1(c2ccc3ccccc3c2)NC(=O)N(CC(=O)Nc2ccc3c(c2)C(=O)NC3)C1=O. The van der Waals surface area contributed by atoms with Crippen LogP contribution in [0.5, 0.6) is 0 Å². The van der Waals surface area contributed by atoms with Crippen molar-refractivity contribution in [2.45, 2.75) is 19.0 Å². The van der Waals surface area contributed by atoms with Crippen LogP contribution in [0.2, 0.25) is 0 Å². The molecule has 32 heavy (non-hydrogen) atoms. The van der Waals surface area contributed by atoms with Gasteiger partial charge in [0.2, 0.25) is 5.91 Å². The van der Waals surface area contributed by atoms with Crippen LogP contribution in [0.1, 0.15) is 28.4 Å². The molecule has 0 bridgehead atoms. The van der Waals surface area contributed by atoms with Gasteiger partial charge >= 0.3 is 6.03 Å². The third kappa shape index (κ3) is 3.17. The first kappa shape index (κ1) is 19.7. The number of anilines is 1. The number of urea groups is 1. The lowest BCUT2D eigenvalue weighted by Gasteiger charge is -2.22. The molecule has 0 unspecified atom stereocenters. The number of rotatable bonds is 4. The standard InChI is InChI=1S/C24H20N4O4/c1-24(17-8-6-14-4-2-3-5-15(14)10-17)22(31)28(23(32)27-24)13-20(29)26-18-9-7-16-12-25-21(30)19(16)11-18/h2-11H,12-13H2,1H3,(H,25,30)(H,26,29)(H,27,32)/t24-/m0/s1. The lowest BCUT2D eigenvalue weighted by molar-refractivity contribution is -0.133. The Morgan fingerprint density at radius 1 is 1.03 bits per heavy atom. The fraction of sp³-hybridized carbons (Fsp3) is 0.167. The summed E-state index contributed by atoms with van der Waals surface area (Å²) in [5.74, 6) is -1.23. The zero-order valence-corrected chi connectivity index (χ0v) is 17.3. The minimum Gasteiger partial charge on any atom is -0.348 e. The van der Waals surface area contributed by atoms with E-state index in [1.165, 1.54) is 0 Å². The lowest BCUT2D eigenvalue weighted by atomic mass is 9.90. The number of benzene rings is 3. The first-order valence-electron chi connectivity index (χ1n) is 10.2. The van der Waals surface area contributed by atoms with Crippen molar-refractivity contribution in [2.24, 2.45) is 0 Å². The second kappa shape index (κ2) is 7.19. The smallest absolute Gasteiger partial charge is 0.325 e. The average Bonchev–Trinajstić information content (AvgIpc) is 3.26. The largest absolute Gasteiger partial charge is 0.348 e. The number of imide groups is 1. The monoisotopic (exact) mass is 428 g/mol. The number of carbonyl (C=O) groups is 4. The van der Waals surface area contributed by atoms with Crippen LogP contribution in [-0.4, -0.2) is 35.2 Å². The highest BCUT2D eigenvalue weighted by Crippen LogP contribution is 2.31. The van der Waals surface area contributed by atoms with E-state index in [-0.39, 0.29) is 5.91 Å². The van der Waals surface area contributed by atoms with Crippen molar-refractivity contribution in [1.82, 2.24) is 15.5 Å². The Hall–Kier alpha value is -4.20. The average molecular weight is 428 g/mol. The Labute approximate surface area is 183 Å². The molecule has 0 radical (unpaired) electrons. The van der Waals surface area contributed by atoms with Crippen LogP contribution in [0.15, 0.2) is 60.7 Å². The van der Waals surface area contributed by atoms with Crippen molar-refractivity contribution >= 4 is 40.2 Å². The summed E-state index contributed by atoms with van der Waals surface area (Å²) in [6.07, 6.45) is 0. The Kier molecular flexibility index (Phi) is 4.44. The van der Waals surface area contributed by atoms with Gasteiger partial charge in [0.05, 0.1) is 0 Å². The lowest BCUT2D eigenvalue weighted by Crippen LogP contribution is -2.42. The highest BCUT2D eigenvalue weighted by Gasteiger charge is 2.49. The van der Waals surface area contributed by atoms with E-state index >= 15 is 0 Å². The summed E-state index contributed by atoms with van der Waals surface area (Å²) >= 11 is 0. The molecule has 5 amide bonds. The molecule has 3 N–H and O–H groups in total. The van der Waals surface area contributed by atoms with Gasteiger partial charge in [0.15, 0.2) is 0 Å². The summed E-state index contributed by atoms with van der Waals surface area (Å²) in [6, 6.07) is 17.7. The van der Waals surface area contributed by atoms with Crippen LogP contribution < -0.4 is 16.0 Å². The van der Waals surface area contributed by atoms with Crippen LogP contribution in [0, 0.1) is 0 Å². The molecule has 5 rings (SSSR count). The van der Waals surface area contributed by atoms with Crippen molar-refractivity contribution in [1.29, 1.82) is 0 Å². The van der Waals surface area contributed by atoms with Gasteiger partial charge in [-0.15, -0.1) is 0 Å². The van der Waals surface area contributed by atoms with E-state index in [2.05, 4.69) is 16.0 Å². The van der Waals surface area contributed by atoms with E-state index in [4.69, 9.17) is 0 Å². The predicted octanol–water partition coefficient (Wildman–Crippen LogP) is 2.49. The Bertz CT molecular complexity index is 1320. The fourth-order valence-corrected chi connectivity index (χ4v) is 4.17. The molecule has 3 aromatic rings. The highest BCUT2D eigenvalue weighted by atomic mass is 16.2. The van der Waals surface area contributed by atoms with E-state index in [1.807, 2.05) is 36.4 Å². The van der Waals surface area contributed by atoms with Crippen molar-refractivity contribution in [3.05, 3.63) is 77.4 Å². The maximum Gasteiger partial charge on any atom is 0.325 e. The maximum absolute atomic E-state index is 13.2. The molecule has 160 valence electrons. The number of hydrogen-bond donors (Lipinski definition) is 3. The summed E-state index contributed by atoms with van der Waals surface area (Å²) in [4.78, 5) is 51.1. The van der Waals surface area contributed by atoms with Crippen LogP contribution in [-0.2, 0) is 21.7 Å². The fourth-order valence-electron chi connectivity index (χ4n) is 4.17. The molecule has 8 heteroatoms. The van der Waals surface area contributed by atoms with Gasteiger partial charge in [-0.05, 0) is 47.0 Å². The minimum absolute atomic E-state index is 0.198. The van der Waals surface area contributed by atoms with Gasteiger partial charge in [0, 0.05) is 17.8 Å². The maximum atomic E-state index is 13.2. The summed E-state index contributed by atoms with van der Waals surface area (Å²) in [7, 11) is 0. The van der Waals surface area contributed by atoms with Crippen LogP contribution >= 0.6 is 0 Å². The quantitative estimate of drug-likeness (QED) is 0.555. The molecule has 1 saturated heterocycles. The van der Waals surface area contributed by atoms with E-state index < -0.39 is 29.9 Å². The number of amides is 5. The van der Waals surface area contributed by atoms with Gasteiger partial charge in [-0.1, -0.05) is 42.5 Å². The molecule has 2 heterocycles. The normalized spacial score (nSPS) is 19.7. The first-order chi connectivity index (χ1) is 15.3. The first-order valence-corrected chi connectivity index (χ1v) is 10.2. The van der Waals surface area contributed by atoms with Crippen molar-refractivity contribution in [3.8, 4) is 0 Å². The van der Waals surface area contributed by atoms with Crippen LogP contribution in [0.25, 0.3) is 10.8 Å². The molecule has 0 spiro atoms.